The molecule has 0 atom stereocenters. The molecule has 3 rings (SSSR count). The summed E-state index contributed by atoms with van der Waals surface area (Å²) < 4.78 is 0. The van der Waals surface area contributed by atoms with Crippen molar-refractivity contribution in [1.29, 1.82) is 0 Å². The van der Waals surface area contributed by atoms with Crippen LogP contribution in [-0.4, -0.2) is 40.6 Å². The Kier molecular flexibility index (Phi) is 4.21. The van der Waals surface area contributed by atoms with Crippen molar-refractivity contribution in [2.45, 2.75) is 32.6 Å². The molecule has 1 amide bonds. The number of benzene rings is 1. The molecule has 0 spiro atoms. The van der Waals surface area contributed by atoms with Crippen LogP contribution in [0.5, 0.6) is 0 Å². The molecule has 2 N–H and O–H groups in total. The highest BCUT2D eigenvalue weighted by Gasteiger charge is 2.33. The smallest absolute Gasteiger partial charge is 0.227 e. The zero-order valence-corrected chi connectivity index (χ0v) is 13.1. The summed E-state index contributed by atoms with van der Waals surface area (Å²) >= 11 is 0. The Labute approximate surface area is 131 Å². The maximum absolute atomic E-state index is 12.5. The van der Waals surface area contributed by atoms with Crippen LogP contribution in [0.3, 0.4) is 0 Å². The van der Waals surface area contributed by atoms with E-state index >= 15 is 0 Å². The fourth-order valence-electron chi connectivity index (χ4n) is 3.41. The van der Waals surface area contributed by atoms with E-state index < -0.39 is 0 Å². The summed E-state index contributed by atoms with van der Waals surface area (Å²) in [7, 11) is 0. The Bertz CT molecular complexity index is 648. The van der Waals surface area contributed by atoms with Crippen molar-refractivity contribution in [1.82, 2.24) is 9.88 Å². The molecule has 2 heterocycles. The van der Waals surface area contributed by atoms with E-state index in [0.29, 0.717) is 6.42 Å². The molecule has 2 aromatic rings. The molecule has 0 saturated carbocycles. The van der Waals surface area contributed by atoms with E-state index in [-0.39, 0.29) is 17.9 Å². The number of nitrogens with zero attached hydrogens (tertiary/aromatic N) is 1. The normalized spacial score (nSPS) is 17.8. The number of aromatic nitrogens is 1. The lowest BCUT2D eigenvalue weighted by Crippen LogP contribution is -2.44. The van der Waals surface area contributed by atoms with Crippen LogP contribution in [-0.2, 0) is 11.2 Å². The lowest BCUT2D eigenvalue weighted by molar-refractivity contribution is -0.133. The van der Waals surface area contributed by atoms with Gasteiger partial charge in [-0.3, -0.25) is 4.79 Å². The number of H-pyrrole nitrogens is 1. The van der Waals surface area contributed by atoms with Gasteiger partial charge in [0.2, 0.25) is 5.91 Å². The van der Waals surface area contributed by atoms with Gasteiger partial charge in [-0.05, 0) is 36.3 Å². The fraction of sp³-hybridized carbons (Fsp3) is 0.500. The minimum Gasteiger partial charge on any atom is -0.396 e. The van der Waals surface area contributed by atoms with Crippen molar-refractivity contribution in [3.8, 4) is 0 Å². The van der Waals surface area contributed by atoms with Crippen molar-refractivity contribution < 1.29 is 9.90 Å². The first kappa shape index (κ1) is 15.1. The van der Waals surface area contributed by atoms with Gasteiger partial charge in [0.05, 0.1) is 6.42 Å². The summed E-state index contributed by atoms with van der Waals surface area (Å²) in [5.41, 5.74) is 2.17. The highest BCUT2D eigenvalue weighted by molar-refractivity contribution is 5.88. The number of piperidine rings is 1. The Morgan fingerprint density at radius 1 is 1.32 bits per heavy atom. The molecule has 1 aromatic carbocycles. The second-order valence-corrected chi connectivity index (χ2v) is 6.43. The number of aromatic amines is 1. The van der Waals surface area contributed by atoms with Crippen molar-refractivity contribution >= 4 is 16.8 Å². The molecular weight excluding hydrogens is 276 g/mol. The van der Waals surface area contributed by atoms with E-state index in [4.69, 9.17) is 0 Å². The molecule has 4 heteroatoms. The summed E-state index contributed by atoms with van der Waals surface area (Å²) in [5, 5.41) is 10.7. The molecule has 1 aromatic heterocycles. The highest BCUT2D eigenvalue weighted by atomic mass is 16.3. The number of amides is 1. The Balaban J connectivity index is 1.66. The van der Waals surface area contributed by atoms with Crippen LogP contribution in [0.1, 0.15) is 31.7 Å². The molecule has 1 fully saturated rings. The number of para-hydroxylation sites is 1. The molecule has 1 aliphatic rings. The van der Waals surface area contributed by atoms with Gasteiger partial charge in [0.1, 0.15) is 0 Å². The average Bonchev–Trinajstić information content (AvgIpc) is 2.98. The number of nitrogens with one attached hydrogen (secondary N) is 1. The predicted octanol–water partition coefficient (Wildman–Crippen LogP) is 2.72. The van der Waals surface area contributed by atoms with Crippen molar-refractivity contribution in [2.24, 2.45) is 5.41 Å². The first-order valence-corrected chi connectivity index (χ1v) is 8.11. The second-order valence-electron chi connectivity index (χ2n) is 6.43. The van der Waals surface area contributed by atoms with Crippen molar-refractivity contribution in [2.75, 3.05) is 19.7 Å². The molecule has 22 heavy (non-hydrogen) atoms. The van der Waals surface area contributed by atoms with E-state index in [1.54, 1.807) is 0 Å². The molecule has 1 aliphatic heterocycles. The van der Waals surface area contributed by atoms with Gasteiger partial charge in [-0.2, -0.15) is 0 Å². The summed E-state index contributed by atoms with van der Waals surface area (Å²) in [5.74, 6) is 0.187. The van der Waals surface area contributed by atoms with Crippen molar-refractivity contribution in [3.63, 3.8) is 0 Å². The standard InChI is InChI=1S/C18H24N2O2/c1-2-18(13-21)7-9-20(10-8-18)17(22)11-14-12-19-16-6-4-3-5-15(14)16/h3-6,12,19,21H,2,7-11,13H2,1H3. The number of aliphatic hydroxyl groups excluding tert-OH is 1. The van der Waals surface area contributed by atoms with Crippen LogP contribution >= 0.6 is 0 Å². The van der Waals surface area contributed by atoms with Gasteiger partial charge in [-0.15, -0.1) is 0 Å². The topological polar surface area (TPSA) is 56.3 Å². The van der Waals surface area contributed by atoms with Crippen LogP contribution in [0, 0.1) is 5.41 Å². The SMILES string of the molecule is CCC1(CO)CCN(C(=O)Cc2c[nH]c3ccccc23)CC1. The number of aliphatic hydroxyl groups is 1. The first-order valence-electron chi connectivity index (χ1n) is 8.11. The number of carbonyl (C=O) groups excluding carboxylic acids is 1. The monoisotopic (exact) mass is 300 g/mol. The predicted molar refractivity (Wildman–Crippen MR) is 87.6 cm³/mol. The van der Waals surface area contributed by atoms with Gasteiger partial charge >= 0.3 is 0 Å². The number of rotatable bonds is 4. The van der Waals surface area contributed by atoms with Gasteiger partial charge in [0.15, 0.2) is 0 Å². The number of hydrogen-bond donors (Lipinski definition) is 2. The molecule has 0 bridgehead atoms. The molecule has 4 nitrogen and oxygen atoms in total. The van der Waals surface area contributed by atoms with Crippen LogP contribution in [0.15, 0.2) is 30.5 Å². The summed E-state index contributed by atoms with van der Waals surface area (Å²) in [6, 6.07) is 8.08. The maximum Gasteiger partial charge on any atom is 0.227 e. The maximum atomic E-state index is 12.5. The Morgan fingerprint density at radius 2 is 2.05 bits per heavy atom. The molecular formula is C18H24N2O2. The van der Waals surface area contributed by atoms with Gasteiger partial charge in [0.25, 0.3) is 0 Å². The van der Waals surface area contributed by atoms with E-state index in [1.165, 1.54) is 0 Å². The average molecular weight is 300 g/mol. The molecule has 0 radical (unpaired) electrons. The van der Waals surface area contributed by atoms with Gasteiger partial charge in [-0.25, -0.2) is 0 Å². The minimum absolute atomic E-state index is 0.0254. The third-order valence-corrected chi connectivity index (χ3v) is 5.28. The molecule has 118 valence electrons. The van der Waals surface area contributed by atoms with Crippen LogP contribution in [0.25, 0.3) is 10.9 Å². The summed E-state index contributed by atoms with van der Waals surface area (Å²) in [4.78, 5) is 17.7. The first-order chi connectivity index (χ1) is 10.7. The molecule has 0 unspecified atom stereocenters. The van der Waals surface area contributed by atoms with E-state index in [2.05, 4.69) is 18.0 Å². The number of hydrogen-bond acceptors (Lipinski definition) is 2. The third kappa shape index (κ3) is 2.75. The quantitative estimate of drug-likeness (QED) is 0.912. The van der Waals surface area contributed by atoms with Crippen LogP contribution in [0.2, 0.25) is 0 Å². The van der Waals surface area contributed by atoms with Gasteiger partial charge in [0, 0.05) is 36.8 Å². The zero-order chi connectivity index (χ0) is 15.6. The number of carbonyl (C=O) groups is 1. The zero-order valence-electron chi connectivity index (χ0n) is 13.1. The van der Waals surface area contributed by atoms with Crippen molar-refractivity contribution in [3.05, 3.63) is 36.0 Å². The van der Waals surface area contributed by atoms with Crippen LogP contribution in [0.4, 0.5) is 0 Å². The lowest BCUT2D eigenvalue weighted by Gasteiger charge is -2.40. The fourth-order valence-corrected chi connectivity index (χ4v) is 3.41. The summed E-state index contributed by atoms with van der Waals surface area (Å²) in [6.45, 7) is 3.87. The number of likely N-dealkylation sites (tertiary alicyclic amines) is 1. The Morgan fingerprint density at radius 3 is 2.73 bits per heavy atom. The van der Waals surface area contributed by atoms with E-state index in [0.717, 1.165) is 48.8 Å². The second kappa shape index (κ2) is 6.13. The largest absolute Gasteiger partial charge is 0.396 e. The van der Waals surface area contributed by atoms with E-state index in [9.17, 15) is 9.90 Å². The molecule has 0 aliphatic carbocycles. The number of fused-ring (bicyclic) bond motifs is 1. The van der Waals surface area contributed by atoms with Crippen LogP contribution < -0.4 is 0 Å². The molecule has 1 saturated heterocycles. The van der Waals surface area contributed by atoms with Gasteiger partial charge < -0.3 is 15.0 Å². The summed E-state index contributed by atoms with van der Waals surface area (Å²) in [6.07, 6.45) is 5.17. The Hall–Kier alpha value is -1.81. The highest BCUT2D eigenvalue weighted by Crippen LogP contribution is 2.34. The van der Waals surface area contributed by atoms with E-state index in [1.807, 2.05) is 29.3 Å². The lowest BCUT2D eigenvalue weighted by atomic mass is 9.77. The third-order valence-electron chi connectivity index (χ3n) is 5.28. The minimum atomic E-state index is 0.0254. The van der Waals surface area contributed by atoms with Gasteiger partial charge in [-0.1, -0.05) is 25.1 Å².